The summed E-state index contributed by atoms with van der Waals surface area (Å²) >= 11 is 0. The van der Waals surface area contributed by atoms with Gasteiger partial charge >= 0.3 is 0 Å². The molecule has 3 N–H and O–H groups in total. The van der Waals surface area contributed by atoms with Crippen LogP contribution >= 0.6 is 0 Å². The van der Waals surface area contributed by atoms with E-state index in [2.05, 4.69) is 17.1 Å². The van der Waals surface area contributed by atoms with Crippen molar-refractivity contribution in [2.45, 2.75) is 44.3 Å². The molecular weight excluding hydrogens is 162 g/mol. The summed E-state index contributed by atoms with van der Waals surface area (Å²) in [7, 11) is 0. The van der Waals surface area contributed by atoms with Gasteiger partial charge in [0.25, 0.3) is 0 Å². The quantitative estimate of drug-likeness (QED) is 0.652. The molecule has 1 saturated carbocycles. The van der Waals surface area contributed by atoms with Crippen molar-refractivity contribution in [1.82, 2.24) is 10.2 Å². The molecule has 0 radical (unpaired) electrons. The maximum atomic E-state index is 5.58. The minimum atomic E-state index is 0.476. The van der Waals surface area contributed by atoms with Gasteiger partial charge in [-0.25, -0.2) is 0 Å². The van der Waals surface area contributed by atoms with Crippen molar-refractivity contribution >= 4 is 0 Å². The van der Waals surface area contributed by atoms with E-state index in [0.29, 0.717) is 12.1 Å². The molecule has 1 aliphatic carbocycles. The Morgan fingerprint density at radius 3 is 2.85 bits per heavy atom. The van der Waals surface area contributed by atoms with Gasteiger partial charge in [-0.1, -0.05) is 0 Å². The zero-order valence-electron chi connectivity index (χ0n) is 8.50. The highest BCUT2D eigenvalue weighted by Gasteiger charge is 2.34. The van der Waals surface area contributed by atoms with Crippen LogP contribution in [0.25, 0.3) is 0 Å². The normalized spacial score (nSPS) is 32.3. The third-order valence-electron chi connectivity index (χ3n) is 3.16. The minimum Gasteiger partial charge on any atom is -0.329 e. The van der Waals surface area contributed by atoms with Gasteiger partial charge in [0.05, 0.1) is 0 Å². The fourth-order valence-electron chi connectivity index (χ4n) is 2.17. The Morgan fingerprint density at radius 2 is 2.23 bits per heavy atom. The highest BCUT2D eigenvalue weighted by Crippen LogP contribution is 2.29. The van der Waals surface area contributed by atoms with Gasteiger partial charge in [0.1, 0.15) is 0 Å². The molecule has 3 heteroatoms. The summed E-state index contributed by atoms with van der Waals surface area (Å²) in [5.41, 5.74) is 5.58. The zero-order chi connectivity index (χ0) is 9.26. The van der Waals surface area contributed by atoms with Crippen molar-refractivity contribution in [2.24, 2.45) is 5.73 Å². The van der Waals surface area contributed by atoms with Crippen LogP contribution in [0.3, 0.4) is 0 Å². The molecule has 13 heavy (non-hydrogen) atoms. The van der Waals surface area contributed by atoms with Crippen molar-refractivity contribution in [3.05, 3.63) is 0 Å². The van der Waals surface area contributed by atoms with Gasteiger partial charge in [-0.3, -0.25) is 4.90 Å². The molecular formula is C10H21N3. The first-order valence-electron chi connectivity index (χ1n) is 5.49. The second-order valence-corrected chi connectivity index (χ2v) is 4.52. The predicted octanol–water partition coefficient (Wildman–Crippen LogP) is 0.160. The van der Waals surface area contributed by atoms with Crippen LogP contribution in [0.5, 0.6) is 0 Å². The first kappa shape index (κ1) is 9.44. The molecule has 1 heterocycles. The zero-order valence-corrected chi connectivity index (χ0v) is 8.50. The van der Waals surface area contributed by atoms with Crippen molar-refractivity contribution < 1.29 is 0 Å². The van der Waals surface area contributed by atoms with Gasteiger partial charge in [0.2, 0.25) is 0 Å². The molecule has 2 rings (SSSR count). The lowest BCUT2D eigenvalue weighted by atomic mass is 10.2. The van der Waals surface area contributed by atoms with E-state index in [4.69, 9.17) is 5.73 Å². The third kappa shape index (κ3) is 2.42. The van der Waals surface area contributed by atoms with Crippen LogP contribution in [0, 0.1) is 0 Å². The van der Waals surface area contributed by atoms with Crippen molar-refractivity contribution in [3.63, 3.8) is 0 Å². The molecule has 1 saturated heterocycles. The van der Waals surface area contributed by atoms with Crippen LogP contribution in [0.1, 0.15) is 26.2 Å². The monoisotopic (exact) mass is 183 g/mol. The molecule has 2 fully saturated rings. The fourth-order valence-corrected chi connectivity index (χ4v) is 2.17. The average molecular weight is 183 g/mol. The maximum absolute atomic E-state index is 5.58. The molecule has 76 valence electrons. The highest BCUT2D eigenvalue weighted by atomic mass is 15.2. The number of likely N-dealkylation sites (tertiary alicyclic amines) is 1. The summed E-state index contributed by atoms with van der Waals surface area (Å²) in [4.78, 5) is 2.63. The van der Waals surface area contributed by atoms with Crippen molar-refractivity contribution in [2.75, 3.05) is 19.6 Å². The minimum absolute atomic E-state index is 0.476. The smallest absolute Gasteiger partial charge is 0.0210 e. The van der Waals surface area contributed by atoms with Gasteiger partial charge in [0, 0.05) is 37.8 Å². The van der Waals surface area contributed by atoms with Crippen LogP contribution in [-0.4, -0.2) is 42.7 Å². The standard InChI is InChI=1S/C10H21N3/c1-8(6-11)12-9-4-5-13(7-9)10-2-3-10/h8-10,12H,2-7,11H2,1H3. The summed E-state index contributed by atoms with van der Waals surface area (Å²) < 4.78 is 0. The summed E-state index contributed by atoms with van der Waals surface area (Å²) in [6, 6.07) is 2.10. The Bertz CT molecular complexity index is 168. The number of hydrogen-bond acceptors (Lipinski definition) is 3. The Labute approximate surface area is 80.7 Å². The summed E-state index contributed by atoms with van der Waals surface area (Å²) in [5.74, 6) is 0. The number of nitrogens with zero attached hydrogens (tertiary/aromatic N) is 1. The van der Waals surface area contributed by atoms with E-state index in [1.54, 1.807) is 0 Å². The average Bonchev–Trinajstić information content (AvgIpc) is 2.88. The lowest BCUT2D eigenvalue weighted by Crippen LogP contribution is -2.42. The van der Waals surface area contributed by atoms with E-state index >= 15 is 0 Å². The Hall–Kier alpha value is -0.120. The first-order valence-corrected chi connectivity index (χ1v) is 5.49. The number of hydrogen-bond donors (Lipinski definition) is 2. The van der Waals surface area contributed by atoms with Gasteiger partial charge in [-0.2, -0.15) is 0 Å². The SMILES string of the molecule is CC(CN)NC1CCN(C2CC2)C1. The van der Waals surface area contributed by atoms with Crippen molar-refractivity contribution in [3.8, 4) is 0 Å². The molecule has 0 amide bonds. The lowest BCUT2D eigenvalue weighted by Gasteiger charge is -2.19. The summed E-state index contributed by atoms with van der Waals surface area (Å²) in [6.45, 7) is 5.45. The summed E-state index contributed by atoms with van der Waals surface area (Å²) in [6.07, 6.45) is 4.17. The third-order valence-corrected chi connectivity index (χ3v) is 3.16. The van der Waals surface area contributed by atoms with Gasteiger partial charge < -0.3 is 11.1 Å². The van der Waals surface area contributed by atoms with E-state index in [-0.39, 0.29) is 0 Å². The van der Waals surface area contributed by atoms with Crippen LogP contribution in [-0.2, 0) is 0 Å². The number of rotatable bonds is 4. The molecule has 0 aromatic rings. The van der Waals surface area contributed by atoms with E-state index in [9.17, 15) is 0 Å². The van der Waals surface area contributed by atoms with Crippen LogP contribution in [0.4, 0.5) is 0 Å². The lowest BCUT2D eigenvalue weighted by molar-refractivity contribution is 0.313. The predicted molar refractivity (Wildman–Crippen MR) is 54.7 cm³/mol. The largest absolute Gasteiger partial charge is 0.329 e. The Balaban J connectivity index is 1.71. The van der Waals surface area contributed by atoms with Crippen LogP contribution in [0.2, 0.25) is 0 Å². The first-order chi connectivity index (χ1) is 6.29. The molecule has 2 unspecified atom stereocenters. The molecule has 0 spiro atoms. The molecule has 0 aromatic carbocycles. The number of nitrogens with two attached hydrogens (primary N) is 1. The Morgan fingerprint density at radius 1 is 1.46 bits per heavy atom. The topological polar surface area (TPSA) is 41.3 Å². The Kier molecular flexibility index (Phi) is 2.86. The summed E-state index contributed by atoms with van der Waals surface area (Å²) in [5, 5.41) is 3.57. The molecule has 3 nitrogen and oxygen atoms in total. The molecule has 2 atom stereocenters. The van der Waals surface area contributed by atoms with E-state index in [1.165, 1.54) is 32.4 Å². The van der Waals surface area contributed by atoms with E-state index in [1.807, 2.05) is 0 Å². The number of nitrogens with one attached hydrogen (secondary N) is 1. The molecule has 1 aliphatic heterocycles. The van der Waals surface area contributed by atoms with E-state index in [0.717, 1.165) is 12.6 Å². The van der Waals surface area contributed by atoms with Crippen LogP contribution in [0.15, 0.2) is 0 Å². The second kappa shape index (κ2) is 3.95. The molecule has 0 aromatic heterocycles. The molecule has 2 aliphatic rings. The van der Waals surface area contributed by atoms with E-state index < -0.39 is 0 Å². The van der Waals surface area contributed by atoms with Gasteiger partial charge in [-0.15, -0.1) is 0 Å². The second-order valence-electron chi connectivity index (χ2n) is 4.52. The van der Waals surface area contributed by atoms with Crippen LogP contribution < -0.4 is 11.1 Å². The van der Waals surface area contributed by atoms with Gasteiger partial charge in [-0.05, 0) is 26.2 Å². The van der Waals surface area contributed by atoms with Crippen molar-refractivity contribution in [1.29, 1.82) is 0 Å². The fraction of sp³-hybridized carbons (Fsp3) is 1.00. The maximum Gasteiger partial charge on any atom is 0.0210 e. The van der Waals surface area contributed by atoms with Gasteiger partial charge in [0.15, 0.2) is 0 Å². The highest BCUT2D eigenvalue weighted by molar-refractivity contribution is 4.92. The molecule has 0 bridgehead atoms.